The summed E-state index contributed by atoms with van der Waals surface area (Å²) in [6.45, 7) is 9.67. The van der Waals surface area contributed by atoms with E-state index in [0.717, 1.165) is 39.4 Å². The largest absolute Gasteiger partial charge is 0.379 e. The Morgan fingerprint density at radius 2 is 2.08 bits per heavy atom. The third-order valence-corrected chi connectivity index (χ3v) is 2.18. The Bertz CT molecular complexity index is 113. The summed E-state index contributed by atoms with van der Waals surface area (Å²) in [5.41, 5.74) is 0. The lowest BCUT2D eigenvalue weighted by Gasteiger charge is -2.26. The third-order valence-electron chi connectivity index (χ3n) is 2.18. The number of morpholine rings is 1. The molecule has 1 aliphatic heterocycles. The number of halogens is 1. The van der Waals surface area contributed by atoms with E-state index < -0.39 is 0 Å². The highest BCUT2D eigenvalue weighted by molar-refractivity contribution is 14.0. The van der Waals surface area contributed by atoms with E-state index in [9.17, 15) is 0 Å². The van der Waals surface area contributed by atoms with Gasteiger partial charge >= 0.3 is 0 Å². The molecular weight excluding hydrogens is 279 g/mol. The number of hydrogen-bond donors (Lipinski definition) is 1. The Balaban J connectivity index is 0. The van der Waals surface area contributed by atoms with E-state index in [1.54, 1.807) is 0 Å². The average Bonchev–Trinajstić information content (AvgIpc) is 2.14. The number of rotatable bonds is 5. The molecule has 1 fully saturated rings. The molecule has 0 saturated carbocycles. The van der Waals surface area contributed by atoms with Crippen LogP contribution in [0.15, 0.2) is 0 Å². The van der Waals surface area contributed by atoms with Gasteiger partial charge in [0.15, 0.2) is 0 Å². The molecule has 0 unspecified atom stereocenters. The van der Waals surface area contributed by atoms with Crippen LogP contribution in [0.1, 0.15) is 14.8 Å². The van der Waals surface area contributed by atoms with E-state index in [1.807, 2.05) is 0 Å². The molecular formula is C9H23IN2O. The predicted molar refractivity (Wildman–Crippen MR) is 67.9 cm³/mol. The fourth-order valence-electron chi connectivity index (χ4n) is 1.43. The summed E-state index contributed by atoms with van der Waals surface area (Å²) in [4.78, 5) is 2.47. The van der Waals surface area contributed by atoms with Crippen LogP contribution in [-0.2, 0) is 4.74 Å². The van der Waals surface area contributed by atoms with Crippen molar-refractivity contribution in [1.82, 2.24) is 10.2 Å². The van der Waals surface area contributed by atoms with Gasteiger partial charge in [-0.2, -0.15) is 0 Å². The number of hydrogen-bond acceptors (Lipinski definition) is 3. The van der Waals surface area contributed by atoms with Gasteiger partial charge in [-0.05, 0) is 26.1 Å². The Hall–Kier alpha value is 0.610. The van der Waals surface area contributed by atoms with Crippen LogP contribution in [0.25, 0.3) is 0 Å². The number of ether oxygens (including phenoxy) is 1. The minimum absolute atomic E-state index is 0. The molecule has 1 rings (SSSR count). The van der Waals surface area contributed by atoms with Gasteiger partial charge in [-0.25, -0.2) is 0 Å². The minimum atomic E-state index is 0. The average molecular weight is 302 g/mol. The van der Waals surface area contributed by atoms with Crippen molar-refractivity contribution in [3.05, 3.63) is 0 Å². The van der Waals surface area contributed by atoms with Gasteiger partial charge in [0, 0.05) is 14.5 Å². The normalized spacial score (nSPS) is 18.2. The zero-order valence-electron chi connectivity index (χ0n) is 8.42. The molecule has 1 saturated heterocycles. The van der Waals surface area contributed by atoms with Gasteiger partial charge in [0.25, 0.3) is 0 Å². The fourth-order valence-corrected chi connectivity index (χ4v) is 1.43. The van der Waals surface area contributed by atoms with E-state index >= 15 is 0 Å². The Kier molecular flexibility index (Phi) is 9.61. The van der Waals surface area contributed by atoms with Crippen molar-refractivity contribution in [2.45, 2.75) is 13.3 Å². The van der Waals surface area contributed by atoms with Crippen LogP contribution in [0.5, 0.6) is 0 Å². The second kappa shape index (κ2) is 9.18. The topological polar surface area (TPSA) is 24.5 Å². The third kappa shape index (κ3) is 6.65. The smallest absolute Gasteiger partial charge is 0.0594 e. The fraction of sp³-hybridized carbons (Fsp3) is 1.00. The maximum atomic E-state index is 5.27. The summed E-state index contributed by atoms with van der Waals surface area (Å²) < 4.78 is 5.27. The quantitative estimate of drug-likeness (QED) is 0.610. The molecule has 1 aliphatic rings. The standard InChI is InChI=1S/C9H20N2O.HI.H2/c1-2-10-4-3-5-11-6-8-12-9-7-11;;/h10H,2-9H2,1H3;2*1H. The molecule has 82 valence electrons. The Morgan fingerprint density at radius 1 is 1.38 bits per heavy atom. The molecule has 0 spiro atoms. The number of nitrogens with one attached hydrogen (secondary N) is 1. The highest BCUT2D eigenvalue weighted by Crippen LogP contribution is 1.96. The van der Waals surface area contributed by atoms with Gasteiger partial charge in [-0.15, -0.1) is 24.0 Å². The van der Waals surface area contributed by atoms with Crippen LogP contribution >= 0.6 is 24.0 Å². The summed E-state index contributed by atoms with van der Waals surface area (Å²) in [6.07, 6.45) is 1.26. The molecule has 0 aromatic heterocycles. The maximum absolute atomic E-state index is 5.27. The first-order valence-electron chi connectivity index (χ1n) is 4.94. The molecule has 0 bridgehead atoms. The lowest BCUT2D eigenvalue weighted by molar-refractivity contribution is 0.0375. The number of nitrogens with zero attached hydrogens (tertiary/aromatic N) is 1. The van der Waals surface area contributed by atoms with Crippen molar-refractivity contribution in [2.24, 2.45) is 0 Å². The van der Waals surface area contributed by atoms with Crippen molar-refractivity contribution in [3.63, 3.8) is 0 Å². The highest BCUT2D eigenvalue weighted by Gasteiger charge is 2.08. The van der Waals surface area contributed by atoms with Crippen molar-refractivity contribution < 1.29 is 6.16 Å². The first-order valence-corrected chi connectivity index (χ1v) is 4.94. The van der Waals surface area contributed by atoms with Crippen LogP contribution in [0.4, 0.5) is 0 Å². The Morgan fingerprint density at radius 3 is 2.69 bits per heavy atom. The van der Waals surface area contributed by atoms with E-state index in [2.05, 4.69) is 17.1 Å². The molecule has 1 N–H and O–H groups in total. The molecule has 0 atom stereocenters. The molecule has 0 aromatic rings. The van der Waals surface area contributed by atoms with Gasteiger partial charge in [0.1, 0.15) is 0 Å². The minimum Gasteiger partial charge on any atom is -0.379 e. The first-order chi connectivity index (χ1) is 5.93. The summed E-state index contributed by atoms with van der Waals surface area (Å²) in [5.74, 6) is 0. The van der Waals surface area contributed by atoms with Crippen LogP contribution in [-0.4, -0.2) is 50.8 Å². The van der Waals surface area contributed by atoms with E-state index in [4.69, 9.17) is 4.74 Å². The van der Waals surface area contributed by atoms with Gasteiger partial charge in [0.2, 0.25) is 0 Å². The van der Waals surface area contributed by atoms with Crippen LogP contribution in [0.2, 0.25) is 0 Å². The highest BCUT2D eigenvalue weighted by atomic mass is 127. The first kappa shape index (κ1) is 13.6. The van der Waals surface area contributed by atoms with Crippen molar-refractivity contribution >= 4 is 24.0 Å². The monoisotopic (exact) mass is 302 g/mol. The zero-order valence-corrected chi connectivity index (χ0v) is 10.8. The summed E-state index contributed by atoms with van der Waals surface area (Å²) in [5, 5.41) is 3.33. The lowest BCUT2D eigenvalue weighted by Crippen LogP contribution is -2.37. The predicted octanol–water partition coefficient (Wildman–Crippen LogP) is 1.18. The Labute approximate surface area is 99.7 Å². The lowest BCUT2D eigenvalue weighted by atomic mass is 10.3. The van der Waals surface area contributed by atoms with Gasteiger partial charge in [-0.3, -0.25) is 4.90 Å². The van der Waals surface area contributed by atoms with Crippen LogP contribution in [0.3, 0.4) is 0 Å². The molecule has 4 heteroatoms. The van der Waals surface area contributed by atoms with Crippen molar-refractivity contribution in [2.75, 3.05) is 45.9 Å². The van der Waals surface area contributed by atoms with E-state index in [1.165, 1.54) is 13.0 Å². The SMILES string of the molecule is CCNCCCN1CCOCC1.I.[HH]. The second-order valence-electron chi connectivity index (χ2n) is 3.16. The van der Waals surface area contributed by atoms with Gasteiger partial charge < -0.3 is 10.1 Å². The van der Waals surface area contributed by atoms with Crippen LogP contribution in [0, 0.1) is 0 Å². The molecule has 0 radical (unpaired) electrons. The maximum Gasteiger partial charge on any atom is 0.0594 e. The van der Waals surface area contributed by atoms with E-state index in [0.29, 0.717) is 0 Å². The zero-order chi connectivity index (χ0) is 8.65. The summed E-state index contributed by atoms with van der Waals surface area (Å²) >= 11 is 0. The summed E-state index contributed by atoms with van der Waals surface area (Å²) in [6, 6.07) is 0. The molecule has 13 heavy (non-hydrogen) atoms. The molecule has 1 heterocycles. The molecule has 0 amide bonds. The van der Waals surface area contributed by atoms with E-state index in [-0.39, 0.29) is 25.4 Å². The summed E-state index contributed by atoms with van der Waals surface area (Å²) in [7, 11) is 0. The van der Waals surface area contributed by atoms with Crippen molar-refractivity contribution in [1.29, 1.82) is 0 Å². The van der Waals surface area contributed by atoms with Gasteiger partial charge in [-0.1, -0.05) is 6.92 Å². The van der Waals surface area contributed by atoms with Gasteiger partial charge in [0.05, 0.1) is 13.2 Å². The van der Waals surface area contributed by atoms with Crippen molar-refractivity contribution in [3.8, 4) is 0 Å². The second-order valence-corrected chi connectivity index (χ2v) is 3.16. The van der Waals surface area contributed by atoms with Crippen LogP contribution < -0.4 is 5.32 Å². The molecule has 0 aliphatic carbocycles. The molecule has 3 nitrogen and oxygen atoms in total. The molecule has 0 aromatic carbocycles.